The van der Waals surface area contributed by atoms with E-state index in [0.717, 1.165) is 32.9 Å². The molecule has 5 rings (SSSR count). The Hall–Kier alpha value is -4.93. The quantitative estimate of drug-likeness (QED) is 0.0764. The number of carbonyl (C=O) groups is 2. The van der Waals surface area contributed by atoms with E-state index < -0.39 is 16.8 Å². The van der Waals surface area contributed by atoms with E-state index >= 15 is 0 Å². The third-order valence-corrected chi connectivity index (χ3v) is 6.42. The van der Waals surface area contributed by atoms with Gasteiger partial charge in [-0.1, -0.05) is 23.3 Å². The summed E-state index contributed by atoms with van der Waals surface area (Å²) in [6.07, 6.45) is 4.24. The number of H-pyrrole nitrogens is 1. The SMILES string of the molecule is Cc1ccc2[nH]cc(C3=C(c4cn(CCCNC(N)=N[N+](=O)[O-])c5ccc(C)cc45)C(=O)NC3=O)c2c1. The molecule has 0 bridgehead atoms. The number of hydrazone groups is 1. The second kappa shape index (κ2) is 9.26. The van der Waals surface area contributed by atoms with Crippen LogP contribution in [0.25, 0.3) is 33.0 Å². The Bertz CT molecular complexity index is 1660. The number of nitrogens with zero attached hydrogens (tertiary/aromatic N) is 3. The van der Waals surface area contributed by atoms with Gasteiger partial charge in [0.1, 0.15) is 5.10 Å². The topological polar surface area (TPSA) is 160 Å². The molecule has 3 heterocycles. The molecular formula is C26H25N7O4. The van der Waals surface area contributed by atoms with Gasteiger partial charge in [0, 0.05) is 58.4 Å². The normalized spacial score (nSPS) is 14.2. The van der Waals surface area contributed by atoms with Crippen molar-refractivity contribution in [3.63, 3.8) is 0 Å². The first-order valence-electron chi connectivity index (χ1n) is 11.7. The zero-order chi connectivity index (χ0) is 26.3. The van der Waals surface area contributed by atoms with E-state index in [0.29, 0.717) is 41.8 Å². The third kappa shape index (κ3) is 4.42. The molecule has 0 aliphatic carbocycles. The van der Waals surface area contributed by atoms with Crippen LogP contribution in [0, 0.1) is 24.0 Å². The van der Waals surface area contributed by atoms with Crippen LogP contribution in [0.2, 0.25) is 0 Å². The van der Waals surface area contributed by atoms with E-state index in [1.165, 1.54) is 0 Å². The highest BCUT2D eigenvalue weighted by Crippen LogP contribution is 2.38. The molecule has 0 atom stereocenters. The van der Waals surface area contributed by atoms with E-state index in [-0.39, 0.29) is 5.96 Å². The summed E-state index contributed by atoms with van der Waals surface area (Å²) in [7, 11) is 0. The van der Waals surface area contributed by atoms with Crippen LogP contribution in [0.15, 0.2) is 53.9 Å². The van der Waals surface area contributed by atoms with Crippen LogP contribution < -0.4 is 16.4 Å². The van der Waals surface area contributed by atoms with Crippen LogP contribution in [0.3, 0.4) is 0 Å². The molecule has 0 spiro atoms. The van der Waals surface area contributed by atoms with Crippen LogP contribution in [0.5, 0.6) is 0 Å². The predicted octanol–water partition coefficient (Wildman–Crippen LogP) is 2.79. The molecule has 2 aromatic carbocycles. The standard InChI is InChI=1S/C26H25N7O4/c1-14-4-6-20-16(10-14)18(12-29-20)22-23(25(35)30-24(22)34)19-13-32(21-7-5-15(2)11-17(19)21)9-3-8-28-26(27)31-33(36)37/h4-7,10-13,29H,3,8-9H2,1-2H3,(H3,27,28,31)(H,30,34,35). The van der Waals surface area contributed by atoms with Crippen molar-refractivity contribution in [2.75, 3.05) is 6.54 Å². The largest absolute Gasteiger partial charge is 0.365 e. The Labute approximate surface area is 211 Å². The predicted molar refractivity (Wildman–Crippen MR) is 141 cm³/mol. The maximum absolute atomic E-state index is 13.2. The number of fused-ring (bicyclic) bond motifs is 2. The van der Waals surface area contributed by atoms with Gasteiger partial charge in [-0.3, -0.25) is 14.9 Å². The molecule has 0 radical (unpaired) electrons. The van der Waals surface area contributed by atoms with Gasteiger partial charge in [0.25, 0.3) is 17.8 Å². The summed E-state index contributed by atoms with van der Waals surface area (Å²) < 4.78 is 2.01. The maximum atomic E-state index is 13.2. The molecule has 0 saturated carbocycles. The van der Waals surface area contributed by atoms with Crippen molar-refractivity contribution in [1.82, 2.24) is 20.2 Å². The molecule has 0 fully saturated rings. The smallest absolute Gasteiger partial charge is 0.266 e. The molecule has 0 saturated heterocycles. The molecule has 2 aromatic heterocycles. The number of hydrogen-bond acceptors (Lipinski definition) is 4. The van der Waals surface area contributed by atoms with E-state index in [4.69, 9.17) is 5.73 Å². The molecule has 11 nitrogen and oxygen atoms in total. The second-order valence-electron chi connectivity index (χ2n) is 9.04. The summed E-state index contributed by atoms with van der Waals surface area (Å²) in [6, 6.07) is 11.9. The summed E-state index contributed by atoms with van der Waals surface area (Å²) in [5, 5.41) is 19.5. The van der Waals surface area contributed by atoms with E-state index in [1.807, 2.05) is 61.0 Å². The molecule has 5 N–H and O–H groups in total. The number of benzene rings is 2. The lowest BCUT2D eigenvalue weighted by Gasteiger charge is -2.06. The summed E-state index contributed by atoms with van der Waals surface area (Å²) in [5.41, 5.74) is 11.4. The molecule has 11 heteroatoms. The minimum Gasteiger partial charge on any atom is -0.365 e. The zero-order valence-corrected chi connectivity index (χ0v) is 20.3. The molecule has 1 aliphatic heterocycles. The Balaban J connectivity index is 1.58. The second-order valence-corrected chi connectivity index (χ2v) is 9.04. The number of guanidine groups is 1. The molecule has 37 heavy (non-hydrogen) atoms. The average Bonchev–Trinajstić information content (AvgIpc) is 3.48. The number of nitrogens with one attached hydrogen (secondary N) is 3. The first-order chi connectivity index (χ1) is 17.7. The molecule has 2 amide bonds. The van der Waals surface area contributed by atoms with E-state index in [9.17, 15) is 19.7 Å². The Morgan fingerprint density at radius 1 is 1.05 bits per heavy atom. The van der Waals surface area contributed by atoms with Crippen LogP contribution in [0.4, 0.5) is 0 Å². The first-order valence-corrected chi connectivity index (χ1v) is 11.7. The number of imide groups is 1. The summed E-state index contributed by atoms with van der Waals surface area (Å²) in [5.74, 6) is -1.13. The minimum absolute atomic E-state index is 0.261. The fourth-order valence-electron chi connectivity index (χ4n) is 4.79. The van der Waals surface area contributed by atoms with Crippen LogP contribution in [-0.4, -0.2) is 38.9 Å². The van der Waals surface area contributed by atoms with Gasteiger partial charge in [0.2, 0.25) is 0 Å². The summed E-state index contributed by atoms with van der Waals surface area (Å²) in [4.78, 5) is 39.9. The van der Waals surface area contributed by atoms with Crippen molar-refractivity contribution >= 4 is 50.7 Å². The Morgan fingerprint density at radius 3 is 2.46 bits per heavy atom. The van der Waals surface area contributed by atoms with E-state index in [1.54, 1.807) is 6.20 Å². The number of hydrogen-bond donors (Lipinski definition) is 4. The Kier molecular flexibility index (Phi) is 5.96. The molecule has 0 unspecified atom stereocenters. The average molecular weight is 500 g/mol. The van der Waals surface area contributed by atoms with Gasteiger partial charge < -0.3 is 20.6 Å². The molecule has 4 aromatic rings. The lowest BCUT2D eigenvalue weighted by Crippen LogP contribution is -2.33. The van der Waals surface area contributed by atoms with Crippen molar-refractivity contribution in [1.29, 1.82) is 0 Å². The van der Waals surface area contributed by atoms with Gasteiger partial charge in [-0.05, 0) is 44.5 Å². The number of aryl methyl sites for hydroxylation is 3. The van der Waals surface area contributed by atoms with Crippen molar-refractivity contribution in [2.24, 2.45) is 10.8 Å². The fraction of sp³-hybridized carbons (Fsp3) is 0.192. The monoisotopic (exact) mass is 499 g/mol. The lowest BCUT2D eigenvalue weighted by molar-refractivity contribution is -0.485. The summed E-state index contributed by atoms with van der Waals surface area (Å²) >= 11 is 0. The van der Waals surface area contributed by atoms with E-state index in [2.05, 4.69) is 20.7 Å². The van der Waals surface area contributed by atoms with Gasteiger partial charge >= 0.3 is 0 Å². The summed E-state index contributed by atoms with van der Waals surface area (Å²) in [6.45, 7) is 4.86. The molecule has 1 aliphatic rings. The Morgan fingerprint density at radius 2 is 1.73 bits per heavy atom. The molecule has 188 valence electrons. The van der Waals surface area contributed by atoms with Gasteiger partial charge in [-0.2, -0.15) is 0 Å². The van der Waals surface area contributed by atoms with Gasteiger partial charge in [-0.25, -0.2) is 10.1 Å². The zero-order valence-electron chi connectivity index (χ0n) is 20.3. The highest BCUT2D eigenvalue weighted by molar-refractivity contribution is 6.50. The van der Waals surface area contributed by atoms with Gasteiger partial charge in [0.05, 0.1) is 11.1 Å². The number of nitro groups is 1. The van der Waals surface area contributed by atoms with Gasteiger partial charge in [0.15, 0.2) is 5.03 Å². The highest BCUT2D eigenvalue weighted by Gasteiger charge is 2.35. The number of rotatable bonds is 7. The number of amides is 2. The molecular weight excluding hydrogens is 474 g/mol. The fourth-order valence-corrected chi connectivity index (χ4v) is 4.79. The lowest BCUT2D eigenvalue weighted by atomic mass is 9.95. The van der Waals surface area contributed by atoms with Gasteiger partial charge in [-0.15, -0.1) is 0 Å². The van der Waals surface area contributed by atoms with Crippen LogP contribution in [0.1, 0.15) is 28.7 Å². The third-order valence-electron chi connectivity index (χ3n) is 6.42. The maximum Gasteiger partial charge on any atom is 0.266 e. The number of aromatic amines is 1. The first kappa shape index (κ1) is 23.8. The van der Waals surface area contributed by atoms with Crippen molar-refractivity contribution in [2.45, 2.75) is 26.8 Å². The number of carbonyl (C=O) groups excluding carboxylic acids is 2. The minimum atomic E-state index is -0.856. The van der Waals surface area contributed by atoms with Crippen molar-refractivity contribution in [3.05, 3.63) is 81.2 Å². The van der Waals surface area contributed by atoms with Crippen molar-refractivity contribution in [3.8, 4) is 0 Å². The highest BCUT2D eigenvalue weighted by atomic mass is 16.7. The van der Waals surface area contributed by atoms with Crippen molar-refractivity contribution < 1.29 is 14.6 Å². The number of aromatic nitrogens is 2. The number of nitrogens with two attached hydrogens (primary N) is 1. The van der Waals surface area contributed by atoms with Crippen LogP contribution >= 0.6 is 0 Å². The van der Waals surface area contributed by atoms with Crippen LogP contribution in [-0.2, 0) is 16.1 Å².